The lowest BCUT2D eigenvalue weighted by molar-refractivity contribution is -0.132. The van der Waals surface area contributed by atoms with Crippen LogP contribution in [0.5, 0.6) is 5.75 Å². The molecule has 4 nitrogen and oxygen atoms in total. The standard InChI is InChI=1S/C15H21BrN2O2/c1-3-12(17)9-10-8-11(16)4-5-13(10)20-14-6-7-18(2)15(14)19/h4-5,8,12,14H,3,6-7,9,17H2,1-2H3. The van der Waals surface area contributed by atoms with Crippen molar-refractivity contribution in [2.45, 2.75) is 38.3 Å². The third-order valence-electron chi connectivity index (χ3n) is 3.68. The van der Waals surface area contributed by atoms with Crippen LogP contribution in [-0.4, -0.2) is 36.5 Å². The van der Waals surface area contributed by atoms with Crippen LogP contribution in [0.15, 0.2) is 22.7 Å². The van der Waals surface area contributed by atoms with Crippen LogP contribution in [0.25, 0.3) is 0 Å². The molecule has 1 aliphatic heterocycles. The topological polar surface area (TPSA) is 55.6 Å². The number of rotatable bonds is 5. The van der Waals surface area contributed by atoms with Gasteiger partial charge in [0.25, 0.3) is 5.91 Å². The highest BCUT2D eigenvalue weighted by Gasteiger charge is 2.31. The number of nitrogens with two attached hydrogens (primary N) is 1. The number of benzene rings is 1. The number of nitrogens with zero attached hydrogens (tertiary/aromatic N) is 1. The van der Waals surface area contributed by atoms with Crippen molar-refractivity contribution in [3.63, 3.8) is 0 Å². The average Bonchev–Trinajstić information content (AvgIpc) is 2.73. The molecule has 2 rings (SSSR count). The maximum absolute atomic E-state index is 11.9. The largest absolute Gasteiger partial charge is 0.480 e. The summed E-state index contributed by atoms with van der Waals surface area (Å²) in [5.74, 6) is 0.824. The molecule has 1 aromatic rings. The zero-order chi connectivity index (χ0) is 14.7. The Balaban J connectivity index is 2.16. The fourth-order valence-corrected chi connectivity index (χ4v) is 2.71. The van der Waals surface area contributed by atoms with Crippen molar-refractivity contribution < 1.29 is 9.53 Å². The molecule has 1 heterocycles. The first kappa shape index (κ1) is 15.3. The first-order valence-electron chi connectivity index (χ1n) is 6.97. The molecule has 0 radical (unpaired) electrons. The van der Waals surface area contributed by atoms with Crippen LogP contribution >= 0.6 is 15.9 Å². The molecule has 110 valence electrons. The maximum Gasteiger partial charge on any atom is 0.263 e. The Morgan fingerprint density at radius 2 is 2.30 bits per heavy atom. The molecular formula is C15H21BrN2O2. The predicted molar refractivity (Wildman–Crippen MR) is 82.8 cm³/mol. The molecule has 1 saturated heterocycles. The van der Waals surface area contributed by atoms with E-state index in [4.69, 9.17) is 10.5 Å². The first-order chi connectivity index (χ1) is 9.51. The van der Waals surface area contributed by atoms with Gasteiger partial charge in [-0.1, -0.05) is 22.9 Å². The molecule has 5 heteroatoms. The van der Waals surface area contributed by atoms with Crippen molar-refractivity contribution in [3.05, 3.63) is 28.2 Å². The van der Waals surface area contributed by atoms with E-state index in [2.05, 4.69) is 22.9 Å². The molecule has 0 aromatic heterocycles. The van der Waals surface area contributed by atoms with Gasteiger partial charge in [0.2, 0.25) is 0 Å². The van der Waals surface area contributed by atoms with E-state index < -0.39 is 0 Å². The molecule has 0 aliphatic carbocycles. The van der Waals surface area contributed by atoms with Crippen molar-refractivity contribution in [2.75, 3.05) is 13.6 Å². The van der Waals surface area contributed by atoms with Gasteiger partial charge in [0.15, 0.2) is 6.10 Å². The van der Waals surface area contributed by atoms with Crippen molar-refractivity contribution in [3.8, 4) is 5.75 Å². The summed E-state index contributed by atoms with van der Waals surface area (Å²) >= 11 is 3.47. The summed E-state index contributed by atoms with van der Waals surface area (Å²) < 4.78 is 6.92. The first-order valence-corrected chi connectivity index (χ1v) is 7.76. The number of carbonyl (C=O) groups excluding carboxylic acids is 1. The van der Waals surface area contributed by atoms with Crippen molar-refractivity contribution >= 4 is 21.8 Å². The molecule has 0 bridgehead atoms. The smallest absolute Gasteiger partial charge is 0.263 e. The van der Waals surface area contributed by atoms with Crippen LogP contribution in [0.1, 0.15) is 25.3 Å². The van der Waals surface area contributed by atoms with Crippen molar-refractivity contribution in [1.29, 1.82) is 0 Å². The Labute approximate surface area is 128 Å². The van der Waals surface area contributed by atoms with Gasteiger partial charge in [-0.25, -0.2) is 0 Å². The molecule has 2 atom stereocenters. The Morgan fingerprint density at radius 1 is 1.55 bits per heavy atom. The summed E-state index contributed by atoms with van der Waals surface area (Å²) in [5, 5.41) is 0. The van der Waals surface area contributed by atoms with Crippen LogP contribution in [-0.2, 0) is 11.2 Å². The van der Waals surface area contributed by atoms with Gasteiger partial charge in [0.05, 0.1) is 0 Å². The van der Waals surface area contributed by atoms with Crippen LogP contribution in [0.2, 0.25) is 0 Å². The van der Waals surface area contributed by atoms with Gasteiger partial charge in [-0.2, -0.15) is 0 Å². The quantitative estimate of drug-likeness (QED) is 0.894. The summed E-state index contributed by atoms with van der Waals surface area (Å²) in [6, 6.07) is 5.97. The zero-order valence-electron chi connectivity index (χ0n) is 11.9. The summed E-state index contributed by atoms with van der Waals surface area (Å²) in [6.45, 7) is 2.82. The molecular weight excluding hydrogens is 320 g/mol. The lowest BCUT2D eigenvalue weighted by Gasteiger charge is -2.18. The average molecular weight is 341 g/mol. The second-order valence-electron chi connectivity index (χ2n) is 5.28. The normalized spacial score (nSPS) is 20.3. The van der Waals surface area contributed by atoms with E-state index in [0.29, 0.717) is 0 Å². The van der Waals surface area contributed by atoms with Gasteiger partial charge < -0.3 is 15.4 Å². The van der Waals surface area contributed by atoms with Gasteiger partial charge in [-0.3, -0.25) is 4.79 Å². The second kappa shape index (κ2) is 6.59. The zero-order valence-corrected chi connectivity index (χ0v) is 13.5. The molecule has 0 saturated carbocycles. The minimum absolute atomic E-state index is 0.0543. The summed E-state index contributed by atoms with van der Waals surface area (Å²) in [4.78, 5) is 13.6. The molecule has 2 unspecified atom stereocenters. The van der Waals surface area contributed by atoms with Crippen LogP contribution in [0, 0.1) is 0 Å². The fourth-order valence-electron chi connectivity index (χ4n) is 2.30. The highest BCUT2D eigenvalue weighted by Crippen LogP contribution is 2.27. The number of likely N-dealkylation sites (N-methyl/N-ethyl adjacent to an activating group) is 1. The predicted octanol–water partition coefficient (Wildman–Crippen LogP) is 2.34. The van der Waals surface area contributed by atoms with Gasteiger partial charge in [0, 0.05) is 30.5 Å². The molecule has 1 aromatic carbocycles. The Hall–Kier alpha value is -1.07. The number of ether oxygens (including phenoxy) is 1. The third-order valence-corrected chi connectivity index (χ3v) is 4.17. The van der Waals surface area contributed by atoms with E-state index >= 15 is 0 Å². The van der Waals surface area contributed by atoms with Gasteiger partial charge >= 0.3 is 0 Å². The molecule has 1 amide bonds. The molecule has 1 aliphatic rings. The Morgan fingerprint density at radius 3 is 2.90 bits per heavy atom. The van der Waals surface area contributed by atoms with E-state index in [9.17, 15) is 4.79 Å². The monoisotopic (exact) mass is 340 g/mol. The van der Waals surface area contributed by atoms with Crippen LogP contribution in [0.3, 0.4) is 0 Å². The van der Waals surface area contributed by atoms with Gasteiger partial charge in [-0.15, -0.1) is 0 Å². The maximum atomic E-state index is 11.9. The van der Waals surface area contributed by atoms with Gasteiger partial charge in [0.1, 0.15) is 5.75 Å². The van der Waals surface area contributed by atoms with E-state index in [1.807, 2.05) is 18.2 Å². The number of halogens is 1. The molecule has 20 heavy (non-hydrogen) atoms. The summed E-state index contributed by atoms with van der Waals surface area (Å²) in [6.07, 6.45) is 2.04. The van der Waals surface area contributed by atoms with Crippen LogP contribution in [0.4, 0.5) is 0 Å². The number of amides is 1. The molecule has 2 N–H and O–H groups in total. The van der Waals surface area contributed by atoms with E-state index in [0.717, 1.165) is 41.6 Å². The molecule has 1 fully saturated rings. The van der Waals surface area contributed by atoms with E-state index in [1.165, 1.54) is 0 Å². The fraction of sp³-hybridized carbons (Fsp3) is 0.533. The third kappa shape index (κ3) is 3.52. The highest BCUT2D eigenvalue weighted by molar-refractivity contribution is 9.10. The Bertz CT molecular complexity index is 493. The number of carbonyl (C=O) groups is 1. The number of likely N-dealkylation sites (tertiary alicyclic amines) is 1. The van der Waals surface area contributed by atoms with Crippen LogP contribution < -0.4 is 10.5 Å². The molecule has 0 spiro atoms. The lowest BCUT2D eigenvalue weighted by Crippen LogP contribution is -2.30. The van der Waals surface area contributed by atoms with E-state index in [-0.39, 0.29) is 18.1 Å². The number of hydrogen-bond acceptors (Lipinski definition) is 3. The minimum atomic E-state index is -0.363. The van der Waals surface area contributed by atoms with E-state index in [1.54, 1.807) is 11.9 Å². The highest BCUT2D eigenvalue weighted by atomic mass is 79.9. The van der Waals surface area contributed by atoms with Gasteiger partial charge in [-0.05, 0) is 36.6 Å². The van der Waals surface area contributed by atoms with Crippen molar-refractivity contribution in [2.24, 2.45) is 5.73 Å². The second-order valence-corrected chi connectivity index (χ2v) is 6.20. The lowest BCUT2D eigenvalue weighted by atomic mass is 10.0. The Kier molecular flexibility index (Phi) is 5.05. The van der Waals surface area contributed by atoms with Crippen molar-refractivity contribution in [1.82, 2.24) is 4.90 Å². The minimum Gasteiger partial charge on any atom is -0.480 e. The number of hydrogen-bond donors (Lipinski definition) is 1. The SMILES string of the molecule is CCC(N)Cc1cc(Br)ccc1OC1CCN(C)C1=O. The summed E-state index contributed by atoms with van der Waals surface area (Å²) in [5.41, 5.74) is 7.09. The summed E-state index contributed by atoms with van der Waals surface area (Å²) in [7, 11) is 1.81.